The van der Waals surface area contributed by atoms with Gasteiger partial charge in [0.1, 0.15) is 5.76 Å². The highest BCUT2D eigenvalue weighted by atomic mass is 32.1. The molecular weight excluding hydrogens is 506 g/mol. The molecule has 6 rings (SSSR count). The van der Waals surface area contributed by atoms with Gasteiger partial charge in [-0.3, -0.25) is 4.98 Å². The van der Waals surface area contributed by atoms with Crippen molar-refractivity contribution < 1.29 is 24.2 Å². The zero-order valence-corrected chi connectivity index (χ0v) is 21.9. The number of hydrogen-bond donors (Lipinski definition) is 1. The number of methoxy groups -OCH3 is 2. The molecule has 1 aromatic carbocycles. The molecule has 1 saturated carbocycles. The van der Waals surface area contributed by atoms with Crippen LogP contribution >= 0.6 is 22.7 Å². The van der Waals surface area contributed by atoms with Crippen LogP contribution in [0.25, 0.3) is 32.1 Å². The van der Waals surface area contributed by atoms with E-state index in [-0.39, 0.29) is 11.5 Å². The summed E-state index contributed by atoms with van der Waals surface area (Å²) in [6.07, 6.45) is 5.97. The number of esters is 1. The molecule has 0 spiro atoms. The molecule has 2 aliphatic carbocycles. The first kappa shape index (κ1) is 23.6. The lowest BCUT2D eigenvalue weighted by Crippen LogP contribution is -2.12. The average molecular weight is 530 g/mol. The Morgan fingerprint density at radius 3 is 2.73 bits per heavy atom. The van der Waals surface area contributed by atoms with Crippen molar-refractivity contribution in [2.75, 3.05) is 14.2 Å². The molecule has 1 atom stereocenters. The van der Waals surface area contributed by atoms with Crippen LogP contribution < -0.4 is 0 Å². The van der Waals surface area contributed by atoms with Gasteiger partial charge in [0.15, 0.2) is 0 Å². The van der Waals surface area contributed by atoms with Gasteiger partial charge < -0.3 is 14.6 Å². The van der Waals surface area contributed by atoms with E-state index in [2.05, 4.69) is 4.98 Å². The number of rotatable bonds is 5. The van der Waals surface area contributed by atoms with Crippen LogP contribution in [0.2, 0.25) is 0 Å². The van der Waals surface area contributed by atoms with E-state index in [0.29, 0.717) is 28.6 Å². The fourth-order valence-electron chi connectivity index (χ4n) is 5.59. The first-order valence-electron chi connectivity index (χ1n) is 11.9. The van der Waals surface area contributed by atoms with E-state index in [1.807, 2.05) is 41.2 Å². The van der Waals surface area contributed by atoms with Crippen LogP contribution in [-0.4, -0.2) is 36.2 Å². The highest BCUT2D eigenvalue weighted by Gasteiger charge is 2.37. The van der Waals surface area contributed by atoms with Crippen molar-refractivity contribution in [3.63, 3.8) is 0 Å². The molecule has 6 nitrogen and oxygen atoms in total. The number of carboxylic acids is 1. The summed E-state index contributed by atoms with van der Waals surface area (Å²) in [5.41, 5.74) is 4.00. The van der Waals surface area contributed by atoms with Crippen molar-refractivity contribution >= 4 is 66.7 Å². The second-order valence-corrected chi connectivity index (χ2v) is 10.9. The molecular formula is C29H23NO5S2. The van der Waals surface area contributed by atoms with Crippen molar-refractivity contribution in [1.29, 1.82) is 0 Å². The highest BCUT2D eigenvalue weighted by Crippen LogP contribution is 2.49. The summed E-state index contributed by atoms with van der Waals surface area (Å²) in [6.45, 7) is 0. The second kappa shape index (κ2) is 9.28. The predicted molar refractivity (Wildman–Crippen MR) is 147 cm³/mol. The average Bonchev–Trinajstić information content (AvgIpc) is 3.68. The van der Waals surface area contributed by atoms with Crippen LogP contribution in [-0.2, 0) is 14.3 Å². The number of nitrogens with zero attached hydrogens (tertiary/aromatic N) is 1. The molecule has 0 radical (unpaired) electrons. The van der Waals surface area contributed by atoms with Gasteiger partial charge >= 0.3 is 11.9 Å². The van der Waals surface area contributed by atoms with Crippen LogP contribution in [0, 0.1) is 5.92 Å². The molecule has 3 heterocycles. The SMILES string of the molecule is COC(=O)c1cc2c(cc1C1=C3CCCC3C(OC)=C(c3cccs3)C=C1C(=O)O)ncc1ccsc12. The monoisotopic (exact) mass is 529 g/mol. The molecule has 0 bridgehead atoms. The maximum Gasteiger partial charge on any atom is 0.338 e. The fourth-order valence-corrected chi connectivity index (χ4v) is 7.23. The first-order valence-corrected chi connectivity index (χ1v) is 13.7. The van der Waals surface area contributed by atoms with Gasteiger partial charge in [0, 0.05) is 38.0 Å². The number of carboxylic acid groups (broad SMARTS) is 1. The third-order valence-corrected chi connectivity index (χ3v) is 9.02. The summed E-state index contributed by atoms with van der Waals surface area (Å²) in [5.74, 6) is -0.890. The summed E-state index contributed by atoms with van der Waals surface area (Å²) in [7, 11) is 2.99. The number of pyridine rings is 1. The Morgan fingerprint density at radius 2 is 2.00 bits per heavy atom. The molecule has 0 amide bonds. The van der Waals surface area contributed by atoms with E-state index in [0.717, 1.165) is 50.1 Å². The Morgan fingerprint density at radius 1 is 1.14 bits per heavy atom. The Kier molecular flexibility index (Phi) is 5.93. The summed E-state index contributed by atoms with van der Waals surface area (Å²) in [6, 6.07) is 9.55. The van der Waals surface area contributed by atoms with Crippen molar-refractivity contribution in [3.05, 3.63) is 86.3 Å². The largest absolute Gasteiger partial charge is 0.500 e. The lowest BCUT2D eigenvalue weighted by atomic mass is 9.85. The third-order valence-electron chi connectivity index (χ3n) is 7.15. The Bertz CT molecular complexity index is 1670. The maximum absolute atomic E-state index is 13.2. The zero-order chi connectivity index (χ0) is 25.7. The topological polar surface area (TPSA) is 85.7 Å². The molecule has 8 heteroatoms. The van der Waals surface area contributed by atoms with Gasteiger partial charge in [-0.05, 0) is 71.5 Å². The molecule has 37 heavy (non-hydrogen) atoms. The summed E-state index contributed by atoms with van der Waals surface area (Å²) in [4.78, 5) is 31.6. The molecule has 4 aromatic rings. The zero-order valence-electron chi connectivity index (χ0n) is 20.2. The normalized spacial score (nSPS) is 17.7. The number of aromatic nitrogens is 1. The molecule has 0 aliphatic heterocycles. The van der Waals surface area contributed by atoms with Crippen LogP contribution in [0.15, 0.2) is 70.3 Å². The van der Waals surface area contributed by atoms with Gasteiger partial charge in [-0.1, -0.05) is 11.6 Å². The highest BCUT2D eigenvalue weighted by molar-refractivity contribution is 7.18. The standard InChI is InChI=1S/C29H23NO5S2/c1-34-26-17-6-3-5-16(17)25(22(28(31)32)12-21(26)24-7-4-9-36-24)18-13-23-20(11-19(18)29(33)35-2)27-15(14-30-23)8-10-37-27/h4,7-14,17H,3,5-6H2,1-2H3,(H,31,32). The Hall–Kier alpha value is -3.75. The minimum Gasteiger partial charge on any atom is -0.500 e. The number of ether oxygens (including phenoxy) is 2. The van der Waals surface area contributed by atoms with Crippen LogP contribution in [0.4, 0.5) is 0 Å². The lowest BCUT2D eigenvalue weighted by molar-refractivity contribution is -0.132. The number of thiophene rings is 2. The molecule has 1 N–H and O–H groups in total. The maximum atomic E-state index is 13.2. The van der Waals surface area contributed by atoms with Gasteiger partial charge in [-0.15, -0.1) is 22.7 Å². The van der Waals surface area contributed by atoms with Crippen LogP contribution in [0.1, 0.15) is 40.1 Å². The van der Waals surface area contributed by atoms with Gasteiger partial charge in [0.2, 0.25) is 0 Å². The number of carbonyl (C=O) groups is 2. The fraction of sp³-hybridized carbons (Fsp3) is 0.207. The van der Waals surface area contributed by atoms with Gasteiger partial charge in [0.25, 0.3) is 0 Å². The quantitative estimate of drug-likeness (QED) is 0.282. The molecule has 1 unspecified atom stereocenters. The van der Waals surface area contributed by atoms with Gasteiger partial charge in [-0.25, -0.2) is 9.59 Å². The number of aliphatic carboxylic acids is 1. The summed E-state index contributed by atoms with van der Waals surface area (Å²) in [5, 5.41) is 16.3. The first-order chi connectivity index (χ1) is 18.0. The molecule has 0 saturated heterocycles. The number of benzene rings is 1. The van der Waals surface area contributed by atoms with E-state index in [1.54, 1.807) is 41.9 Å². The van der Waals surface area contributed by atoms with Crippen LogP contribution in [0.5, 0.6) is 0 Å². The minimum absolute atomic E-state index is 0.0841. The molecule has 186 valence electrons. The van der Waals surface area contributed by atoms with E-state index in [1.165, 1.54) is 7.11 Å². The Balaban J connectivity index is 1.69. The Labute approximate surface area is 221 Å². The molecule has 3 aromatic heterocycles. The second-order valence-electron chi connectivity index (χ2n) is 9.04. The van der Waals surface area contributed by atoms with E-state index in [4.69, 9.17) is 9.47 Å². The number of hydrogen-bond acceptors (Lipinski definition) is 7. The third kappa shape index (κ3) is 3.79. The smallest absolute Gasteiger partial charge is 0.338 e. The number of allylic oxidation sites excluding steroid dienone is 3. The number of carbonyl (C=O) groups excluding carboxylic acids is 1. The van der Waals surface area contributed by atoms with E-state index >= 15 is 0 Å². The predicted octanol–water partition coefficient (Wildman–Crippen LogP) is 6.93. The van der Waals surface area contributed by atoms with Gasteiger partial charge in [-0.2, -0.15) is 0 Å². The molecule has 2 aliphatic rings. The van der Waals surface area contributed by atoms with E-state index in [9.17, 15) is 14.7 Å². The summed E-state index contributed by atoms with van der Waals surface area (Å²) >= 11 is 3.12. The van der Waals surface area contributed by atoms with Crippen molar-refractivity contribution in [3.8, 4) is 0 Å². The number of fused-ring (bicyclic) bond motifs is 4. The summed E-state index contributed by atoms with van der Waals surface area (Å²) < 4.78 is 12.2. The van der Waals surface area contributed by atoms with E-state index < -0.39 is 11.9 Å². The minimum atomic E-state index is -1.06. The lowest BCUT2D eigenvalue weighted by Gasteiger charge is -2.20. The van der Waals surface area contributed by atoms with Crippen LogP contribution in [0.3, 0.4) is 0 Å². The van der Waals surface area contributed by atoms with Gasteiger partial charge in [0.05, 0.1) is 30.9 Å². The van der Waals surface area contributed by atoms with Crippen molar-refractivity contribution in [1.82, 2.24) is 4.98 Å². The van der Waals surface area contributed by atoms with Crippen molar-refractivity contribution in [2.24, 2.45) is 5.92 Å². The molecule has 1 fully saturated rings. The van der Waals surface area contributed by atoms with Crippen molar-refractivity contribution in [2.45, 2.75) is 19.3 Å².